The fourth-order valence-electron chi connectivity index (χ4n) is 3.37. The van der Waals surface area contributed by atoms with Crippen molar-refractivity contribution in [1.82, 2.24) is 4.90 Å². The number of likely N-dealkylation sites (tertiary alicyclic amines) is 1. The fraction of sp³-hybridized carbons (Fsp3) is 0.333. The van der Waals surface area contributed by atoms with Gasteiger partial charge in [0.05, 0.1) is 17.5 Å². The maximum absolute atomic E-state index is 12.6. The number of rotatable bonds is 7. The molecular weight excluding hydrogens is 410 g/mol. The molecule has 1 fully saturated rings. The molecule has 0 saturated carbocycles. The van der Waals surface area contributed by atoms with Gasteiger partial charge in [-0.15, -0.1) is 0 Å². The summed E-state index contributed by atoms with van der Waals surface area (Å²) < 4.78 is 6.12. The Morgan fingerprint density at radius 1 is 1.15 bits per heavy atom. The summed E-state index contributed by atoms with van der Waals surface area (Å²) in [6.07, 6.45) is 2.28. The van der Waals surface area contributed by atoms with Crippen LogP contribution in [-0.2, 0) is 22.4 Å². The van der Waals surface area contributed by atoms with Crippen molar-refractivity contribution in [2.24, 2.45) is 5.92 Å². The van der Waals surface area contributed by atoms with Crippen LogP contribution in [0.1, 0.15) is 24.0 Å². The molecule has 0 radical (unpaired) electrons. The molecule has 2 aromatic rings. The van der Waals surface area contributed by atoms with Crippen LogP contribution in [0.3, 0.4) is 0 Å². The van der Waals surface area contributed by atoms with Crippen molar-refractivity contribution >= 4 is 27.7 Å². The van der Waals surface area contributed by atoms with Gasteiger partial charge in [-0.25, -0.2) is 0 Å². The van der Waals surface area contributed by atoms with E-state index in [1.165, 1.54) is 4.90 Å². The van der Waals surface area contributed by atoms with Crippen LogP contribution in [0.25, 0.3) is 0 Å². The molecule has 1 heterocycles. The van der Waals surface area contributed by atoms with Crippen LogP contribution in [-0.4, -0.2) is 35.5 Å². The molecule has 0 unspecified atom stereocenters. The average molecular weight is 432 g/mol. The number of carbonyl (C=O) groups is 2. The molecule has 142 valence electrons. The van der Waals surface area contributed by atoms with E-state index in [9.17, 15) is 14.7 Å². The second kappa shape index (κ2) is 8.57. The van der Waals surface area contributed by atoms with Gasteiger partial charge in [-0.1, -0.05) is 18.2 Å². The number of phenolic OH excluding ortho intramolecular Hbond substituents is 1. The number of imide groups is 1. The van der Waals surface area contributed by atoms with E-state index in [1.54, 1.807) is 31.4 Å². The van der Waals surface area contributed by atoms with E-state index in [2.05, 4.69) is 15.9 Å². The van der Waals surface area contributed by atoms with Crippen LogP contribution in [0, 0.1) is 5.92 Å². The van der Waals surface area contributed by atoms with Crippen molar-refractivity contribution in [3.05, 3.63) is 58.1 Å². The number of ether oxygens (including phenoxy) is 1. The van der Waals surface area contributed by atoms with Crippen molar-refractivity contribution < 1.29 is 19.4 Å². The van der Waals surface area contributed by atoms with E-state index >= 15 is 0 Å². The normalized spacial score (nSPS) is 16.8. The number of nitrogens with zero attached hydrogens (tertiary/aromatic N) is 1. The van der Waals surface area contributed by atoms with Gasteiger partial charge in [-0.3, -0.25) is 14.5 Å². The molecule has 3 rings (SSSR count). The Hall–Kier alpha value is -2.34. The quantitative estimate of drug-likeness (QED) is 0.678. The summed E-state index contributed by atoms with van der Waals surface area (Å²) in [6.45, 7) is 0.438. The molecule has 0 aliphatic carbocycles. The first-order chi connectivity index (χ1) is 13.0. The number of amides is 2. The summed E-state index contributed by atoms with van der Waals surface area (Å²) in [5.74, 6) is 0.473. The SMILES string of the molecule is COc1ccc(CCCN2C(=O)C[C@H](Cc3ccc(O)cc3)C2=O)cc1Br. The summed E-state index contributed by atoms with van der Waals surface area (Å²) in [6, 6.07) is 12.7. The Kier molecular flexibility index (Phi) is 6.16. The third-order valence-electron chi connectivity index (χ3n) is 4.82. The standard InChI is InChI=1S/C21H22BrNO4/c1-27-19-9-6-14(12-18(19)22)3-2-10-23-20(25)13-16(21(23)26)11-15-4-7-17(24)8-5-15/h4-9,12,16,24H,2-3,10-11,13H2,1H3/t16-/m0/s1. The highest BCUT2D eigenvalue weighted by atomic mass is 79.9. The van der Waals surface area contributed by atoms with Crippen LogP contribution in [0.5, 0.6) is 11.5 Å². The Labute approximate surface area is 167 Å². The van der Waals surface area contributed by atoms with Crippen molar-refractivity contribution in [2.75, 3.05) is 13.7 Å². The molecule has 6 heteroatoms. The van der Waals surface area contributed by atoms with Gasteiger partial charge in [0.25, 0.3) is 0 Å². The lowest BCUT2D eigenvalue weighted by atomic mass is 9.98. The highest BCUT2D eigenvalue weighted by molar-refractivity contribution is 9.10. The average Bonchev–Trinajstić information content (AvgIpc) is 2.91. The number of phenols is 1. The smallest absolute Gasteiger partial charge is 0.233 e. The van der Waals surface area contributed by atoms with E-state index in [4.69, 9.17) is 4.74 Å². The lowest BCUT2D eigenvalue weighted by Crippen LogP contribution is -2.32. The zero-order chi connectivity index (χ0) is 19.4. The molecule has 1 atom stereocenters. The van der Waals surface area contributed by atoms with E-state index < -0.39 is 0 Å². The first kappa shape index (κ1) is 19.4. The summed E-state index contributed by atoms with van der Waals surface area (Å²) >= 11 is 3.47. The number of hydrogen-bond acceptors (Lipinski definition) is 4. The molecule has 1 N–H and O–H groups in total. The predicted molar refractivity (Wildman–Crippen MR) is 106 cm³/mol. The Balaban J connectivity index is 1.54. The van der Waals surface area contributed by atoms with Gasteiger partial charge in [-0.2, -0.15) is 0 Å². The molecular formula is C21H22BrNO4. The van der Waals surface area contributed by atoms with E-state index in [1.807, 2.05) is 18.2 Å². The van der Waals surface area contributed by atoms with E-state index in [0.29, 0.717) is 13.0 Å². The van der Waals surface area contributed by atoms with Gasteiger partial charge >= 0.3 is 0 Å². The number of methoxy groups -OCH3 is 1. The number of benzene rings is 2. The van der Waals surface area contributed by atoms with Gasteiger partial charge in [0.1, 0.15) is 11.5 Å². The highest BCUT2D eigenvalue weighted by Gasteiger charge is 2.37. The minimum Gasteiger partial charge on any atom is -0.508 e. The molecule has 2 aromatic carbocycles. The van der Waals surface area contributed by atoms with Crippen LogP contribution in [0.2, 0.25) is 0 Å². The number of carbonyl (C=O) groups excluding carboxylic acids is 2. The predicted octanol–water partition coefficient (Wildman–Crippen LogP) is 3.71. The molecule has 2 amide bonds. The van der Waals surface area contributed by atoms with Gasteiger partial charge in [0.2, 0.25) is 11.8 Å². The number of hydrogen-bond donors (Lipinski definition) is 1. The molecule has 27 heavy (non-hydrogen) atoms. The minimum absolute atomic E-state index is 0.0935. The molecule has 5 nitrogen and oxygen atoms in total. The molecule has 0 bridgehead atoms. The van der Waals surface area contributed by atoms with Crippen molar-refractivity contribution in [3.8, 4) is 11.5 Å². The van der Waals surface area contributed by atoms with Crippen molar-refractivity contribution in [2.45, 2.75) is 25.7 Å². The fourth-order valence-corrected chi connectivity index (χ4v) is 3.96. The molecule has 0 aromatic heterocycles. The Morgan fingerprint density at radius 2 is 1.85 bits per heavy atom. The molecule has 0 spiro atoms. The second-order valence-corrected chi connectivity index (χ2v) is 7.58. The Morgan fingerprint density at radius 3 is 2.52 bits per heavy atom. The van der Waals surface area contributed by atoms with Gasteiger partial charge < -0.3 is 9.84 Å². The largest absolute Gasteiger partial charge is 0.508 e. The second-order valence-electron chi connectivity index (χ2n) is 6.73. The third kappa shape index (κ3) is 4.69. The molecule has 1 aliphatic rings. The number of aromatic hydroxyl groups is 1. The topological polar surface area (TPSA) is 66.8 Å². The molecule has 1 saturated heterocycles. The van der Waals surface area contributed by atoms with Crippen molar-refractivity contribution in [3.63, 3.8) is 0 Å². The lowest BCUT2D eigenvalue weighted by molar-refractivity contribution is -0.139. The van der Waals surface area contributed by atoms with Crippen LogP contribution >= 0.6 is 15.9 Å². The number of aryl methyl sites for hydroxylation is 1. The van der Waals surface area contributed by atoms with Crippen LogP contribution < -0.4 is 4.74 Å². The number of halogens is 1. The maximum atomic E-state index is 12.6. The summed E-state index contributed by atoms with van der Waals surface area (Å²) in [4.78, 5) is 26.3. The highest BCUT2D eigenvalue weighted by Crippen LogP contribution is 2.27. The maximum Gasteiger partial charge on any atom is 0.233 e. The van der Waals surface area contributed by atoms with Gasteiger partial charge in [0.15, 0.2) is 0 Å². The summed E-state index contributed by atoms with van der Waals surface area (Å²) in [5.41, 5.74) is 2.08. The monoisotopic (exact) mass is 431 g/mol. The first-order valence-corrected chi connectivity index (χ1v) is 9.71. The summed E-state index contributed by atoms with van der Waals surface area (Å²) in [5, 5.41) is 9.35. The van der Waals surface area contributed by atoms with E-state index in [-0.39, 0.29) is 29.9 Å². The third-order valence-corrected chi connectivity index (χ3v) is 5.44. The zero-order valence-corrected chi connectivity index (χ0v) is 16.7. The Bertz CT molecular complexity index is 835. The van der Waals surface area contributed by atoms with Gasteiger partial charge in [0, 0.05) is 13.0 Å². The zero-order valence-electron chi connectivity index (χ0n) is 15.2. The summed E-state index contributed by atoms with van der Waals surface area (Å²) in [7, 11) is 1.62. The molecule has 1 aliphatic heterocycles. The van der Waals surface area contributed by atoms with Crippen LogP contribution in [0.15, 0.2) is 46.9 Å². The van der Waals surface area contributed by atoms with Crippen molar-refractivity contribution in [1.29, 1.82) is 0 Å². The van der Waals surface area contributed by atoms with Gasteiger partial charge in [-0.05, 0) is 70.6 Å². The van der Waals surface area contributed by atoms with Crippen LogP contribution in [0.4, 0.5) is 0 Å². The minimum atomic E-state index is -0.308. The van der Waals surface area contributed by atoms with E-state index in [0.717, 1.165) is 34.2 Å². The first-order valence-electron chi connectivity index (χ1n) is 8.92. The lowest BCUT2D eigenvalue weighted by Gasteiger charge is -2.15.